The first kappa shape index (κ1) is 21.7. The lowest BCUT2D eigenvalue weighted by Gasteiger charge is -2.10. The van der Waals surface area contributed by atoms with Crippen molar-refractivity contribution in [2.24, 2.45) is 0 Å². The lowest BCUT2D eigenvalue weighted by molar-refractivity contribution is 0.102. The average Bonchev–Trinajstić information content (AvgIpc) is 3.49. The Morgan fingerprint density at radius 2 is 2.03 bits per heavy atom. The summed E-state index contributed by atoms with van der Waals surface area (Å²) in [6.07, 6.45) is 2.34. The highest BCUT2D eigenvalue weighted by Crippen LogP contribution is 2.23. The monoisotopic (exact) mass is 470 g/mol. The number of pyridine rings is 1. The molecule has 34 heavy (non-hydrogen) atoms. The molecule has 4 aromatic heterocycles. The molecule has 0 bridgehead atoms. The quantitative estimate of drug-likeness (QED) is 0.382. The highest BCUT2D eigenvalue weighted by Gasteiger charge is 2.17. The van der Waals surface area contributed by atoms with Gasteiger partial charge in [0.25, 0.3) is 11.5 Å². The maximum atomic E-state index is 13.3. The van der Waals surface area contributed by atoms with Gasteiger partial charge in [0.05, 0.1) is 23.7 Å². The van der Waals surface area contributed by atoms with Crippen LogP contribution in [0.3, 0.4) is 0 Å². The van der Waals surface area contributed by atoms with Crippen LogP contribution in [0.2, 0.25) is 0 Å². The third-order valence-electron chi connectivity index (χ3n) is 5.42. The summed E-state index contributed by atoms with van der Waals surface area (Å²) in [5.41, 5.74) is 3.73. The van der Waals surface area contributed by atoms with E-state index in [2.05, 4.69) is 25.4 Å². The van der Waals surface area contributed by atoms with Crippen LogP contribution in [0.1, 0.15) is 33.5 Å². The SMILES string of the molecule is CCc1cc(=O)[nH]c(-c2cccc(NC(=O)c3cc(C)nc4c3cnn4Cc3cccs3)c2)n1. The standard InChI is InChI=1S/C25H22N6O2S/c1-3-17-12-22(32)30-23(28-17)16-6-4-7-18(11-16)29-25(33)20-10-15(2)27-24-21(20)13-26-31(24)14-19-8-5-9-34-19/h4-13H,3,14H2,1-2H3,(H,29,33)(H,28,30,32). The van der Waals surface area contributed by atoms with Crippen molar-refractivity contribution < 1.29 is 4.79 Å². The molecule has 1 amide bonds. The van der Waals surface area contributed by atoms with Gasteiger partial charge in [0, 0.05) is 33.6 Å². The number of carbonyl (C=O) groups is 1. The van der Waals surface area contributed by atoms with Gasteiger partial charge in [-0.15, -0.1) is 11.3 Å². The maximum absolute atomic E-state index is 13.3. The number of amides is 1. The van der Waals surface area contributed by atoms with E-state index in [1.807, 2.05) is 48.2 Å². The van der Waals surface area contributed by atoms with Crippen molar-refractivity contribution in [3.05, 3.63) is 92.3 Å². The molecule has 0 fully saturated rings. The Balaban J connectivity index is 1.45. The third-order valence-corrected chi connectivity index (χ3v) is 6.28. The number of hydrogen-bond acceptors (Lipinski definition) is 6. The number of thiophene rings is 1. The molecule has 0 saturated heterocycles. The van der Waals surface area contributed by atoms with Gasteiger partial charge in [-0.3, -0.25) is 9.59 Å². The topological polar surface area (TPSA) is 106 Å². The van der Waals surface area contributed by atoms with Gasteiger partial charge in [0.1, 0.15) is 5.82 Å². The van der Waals surface area contributed by atoms with E-state index in [-0.39, 0.29) is 11.5 Å². The fraction of sp³-hybridized carbons (Fsp3) is 0.160. The second kappa shape index (κ2) is 9.03. The fourth-order valence-corrected chi connectivity index (χ4v) is 4.48. The molecule has 9 heteroatoms. The van der Waals surface area contributed by atoms with Gasteiger partial charge >= 0.3 is 0 Å². The number of aryl methyl sites for hydroxylation is 2. The van der Waals surface area contributed by atoms with E-state index in [1.165, 1.54) is 6.07 Å². The molecule has 0 aliphatic carbocycles. The molecule has 0 unspecified atom stereocenters. The van der Waals surface area contributed by atoms with E-state index in [4.69, 9.17) is 0 Å². The molecule has 170 valence electrons. The molecule has 0 aliphatic heterocycles. The summed E-state index contributed by atoms with van der Waals surface area (Å²) in [5, 5.41) is 10.2. The number of carbonyl (C=O) groups excluding carboxylic acids is 1. The highest BCUT2D eigenvalue weighted by atomic mass is 32.1. The first-order valence-corrected chi connectivity index (χ1v) is 11.8. The van der Waals surface area contributed by atoms with E-state index in [1.54, 1.807) is 35.7 Å². The van der Waals surface area contributed by atoms with E-state index in [0.29, 0.717) is 52.3 Å². The fourth-order valence-electron chi connectivity index (χ4n) is 3.79. The summed E-state index contributed by atoms with van der Waals surface area (Å²) in [4.78, 5) is 38.3. The van der Waals surface area contributed by atoms with Crippen molar-refractivity contribution in [2.45, 2.75) is 26.8 Å². The number of aromatic nitrogens is 5. The minimum absolute atomic E-state index is 0.203. The van der Waals surface area contributed by atoms with E-state index < -0.39 is 0 Å². The van der Waals surface area contributed by atoms with Crippen molar-refractivity contribution in [3.63, 3.8) is 0 Å². The molecule has 8 nitrogen and oxygen atoms in total. The van der Waals surface area contributed by atoms with Gasteiger partial charge < -0.3 is 10.3 Å². The molecule has 0 atom stereocenters. The van der Waals surface area contributed by atoms with Crippen molar-refractivity contribution in [3.8, 4) is 11.4 Å². The van der Waals surface area contributed by atoms with Crippen molar-refractivity contribution in [1.29, 1.82) is 0 Å². The van der Waals surface area contributed by atoms with Crippen LogP contribution in [0.4, 0.5) is 5.69 Å². The third kappa shape index (κ3) is 4.38. The van der Waals surface area contributed by atoms with Crippen LogP contribution in [0.5, 0.6) is 0 Å². The number of anilines is 1. The van der Waals surface area contributed by atoms with Crippen LogP contribution in [0, 0.1) is 6.92 Å². The molecule has 1 aromatic carbocycles. The Labute approximate surface area is 199 Å². The number of rotatable bonds is 6. The molecule has 2 N–H and O–H groups in total. The maximum Gasteiger partial charge on any atom is 0.256 e. The molecule has 0 radical (unpaired) electrons. The summed E-state index contributed by atoms with van der Waals surface area (Å²) in [6.45, 7) is 4.41. The lowest BCUT2D eigenvalue weighted by atomic mass is 10.1. The van der Waals surface area contributed by atoms with Crippen molar-refractivity contribution in [2.75, 3.05) is 5.32 Å². The van der Waals surface area contributed by atoms with Crippen LogP contribution in [0.15, 0.2) is 64.9 Å². The van der Waals surface area contributed by atoms with Crippen molar-refractivity contribution in [1.82, 2.24) is 24.7 Å². The molecule has 0 spiro atoms. The Bertz CT molecular complexity index is 1550. The Morgan fingerprint density at radius 3 is 2.82 bits per heavy atom. The minimum atomic E-state index is -0.257. The van der Waals surface area contributed by atoms with Crippen LogP contribution >= 0.6 is 11.3 Å². The van der Waals surface area contributed by atoms with Gasteiger partial charge in [0.15, 0.2) is 5.65 Å². The predicted molar refractivity (Wildman–Crippen MR) is 133 cm³/mol. The van der Waals surface area contributed by atoms with E-state index in [0.717, 1.165) is 10.6 Å². The zero-order chi connectivity index (χ0) is 23.7. The van der Waals surface area contributed by atoms with E-state index in [9.17, 15) is 9.59 Å². The minimum Gasteiger partial charge on any atom is -0.322 e. The summed E-state index contributed by atoms with van der Waals surface area (Å²) in [5.74, 6) is 0.213. The number of nitrogens with zero attached hydrogens (tertiary/aromatic N) is 4. The highest BCUT2D eigenvalue weighted by molar-refractivity contribution is 7.09. The molecule has 5 aromatic rings. The zero-order valence-corrected chi connectivity index (χ0v) is 19.5. The second-order valence-electron chi connectivity index (χ2n) is 7.90. The Kier molecular flexibility index (Phi) is 5.77. The number of hydrogen-bond donors (Lipinski definition) is 2. The number of benzene rings is 1. The molecule has 4 heterocycles. The van der Waals surface area contributed by atoms with Crippen molar-refractivity contribution >= 4 is 34.0 Å². The van der Waals surface area contributed by atoms with Gasteiger partial charge in [-0.05, 0) is 43.0 Å². The number of fused-ring (bicyclic) bond motifs is 1. The Morgan fingerprint density at radius 1 is 1.15 bits per heavy atom. The molecule has 0 saturated carbocycles. The average molecular weight is 471 g/mol. The van der Waals surface area contributed by atoms with Crippen LogP contribution in [-0.2, 0) is 13.0 Å². The summed E-state index contributed by atoms with van der Waals surface area (Å²) >= 11 is 1.65. The zero-order valence-electron chi connectivity index (χ0n) is 18.7. The predicted octanol–water partition coefficient (Wildman–Crippen LogP) is 4.41. The van der Waals surface area contributed by atoms with Crippen LogP contribution in [0.25, 0.3) is 22.4 Å². The summed E-state index contributed by atoms with van der Waals surface area (Å²) in [6, 6.07) is 14.6. The van der Waals surface area contributed by atoms with Gasteiger partial charge in [-0.2, -0.15) is 5.10 Å². The smallest absolute Gasteiger partial charge is 0.256 e. The van der Waals surface area contributed by atoms with Crippen LogP contribution in [-0.4, -0.2) is 30.6 Å². The normalized spacial score (nSPS) is 11.1. The largest absolute Gasteiger partial charge is 0.322 e. The number of H-pyrrole nitrogens is 1. The molecular weight excluding hydrogens is 448 g/mol. The Hall–Kier alpha value is -4.11. The summed E-state index contributed by atoms with van der Waals surface area (Å²) < 4.78 is 1.81. The van der Waals surface area contributed by atoms with E-state index >= 15 is 0 Å². The number of nitrogens with one attached hydrogen (secondary N) is 2. The molecule has 5 rings (SSSR count). The molecular formula is C25H22N6O2S. The van der Waals surface area contributed by atoms with Gasteiger partial charge in [0.2, 0.25) is 0 Å². The van der Waals surface area contributed by atoms with Crippen LogP contribution < -0.4 is 10.9 Å². The lowest BCUT2D eigenvalue weighted by Crippen LogP contribution is -2.14. The summed E-state index contributed by atoms with van der Waals surface area (Å²) in [7, 11) is 0. The van der Waals surface area contributed by atoms with Gasteiger partial charge in [-0.1, -0.05) is 25.1 Å². The second-order valence-corrected chi connectivity index (χ2v) is 8.94. The first-order valence-electron chi connectivity index (χ1n) is 10.9. The number of aromatic amines is 1. The molecule has 0 aliphatic rings. The van der Waals surface area contributed by atoms with Gasteiger partial charge in [-0.25, -0.2) is 14.6 Å². The first-order chi connectivity index (χ1) is 16.5.